The summed E-state index contributed by atoms with van der Waals surface area (Å²) in [6.45, 7) is 3.10. The van der Waals surface area contributed by atoms with E-state index in [1.165, 1.54) is 6.07 Å². The van der Waals surface area contributed by atoms with Crippen molar-refractivity contribution in [3.8, 4) is 11.8 Å². The maximum atomic E-state index is 13.8. The van der Waals surface area contributed by atoms with Gasteiger partial charge in [-0.15, -0.1) is 0 Å². The molecule has 0 N–H and O–H groups in total. The van der Waals surface area contributed by atoms with Gasteiger partial charge in [0.05, 0.1) is 6.54 Å². The second-order valence-corrected chi connectivity index (χ2v) is 8.20. The summed E-state index contributed by atoms with van der Waals surface area (Å²) in [5.41, 5.74) is 1.24. The number of aryl methyl sites for hydroxylation is 1. The van der Waals surface area contributed by atoms with Gasteiger partial charge in [0.15, 0.2) is 0 Å². The van der Waals surface area contributed by atoms with Gasteiger partial charge >= 0.3 is 6.01 Å². The predicted molar refractivity (Wildman–Crippen MR) is 119 cm³/mol. The van der Waals surface area contributed by atoms with Gasteiger partial charge in [0, 0.05) is 47.9 Å². The molecule has 0 bridgehead atoms. The van der Waals surface area contributed by atoms with Crippen molar-refractivity contribution >= 4 is 15.9 Å². The third kappa shape index (κ3) is 6.10. The average Bonchev–Trinajstić information content (AvgIpc) is 2.74. The molecule has 3 rings (SSSR count). The molecule has 0 unspecified atom stereocenters. The number of likely N-dealkylation sites (N-methyl/N-ethyl adjacent to an activating group) is 1. The Kier molecular flexibility index (Phi) is 7.92. The molecule has 0 fully saturated rings. The lowest BCUT2D eigenvalue weighted by molar-refractivity contribution is 0.245. The van der Waals surface area contributed by atoms with E-state index in [0.29, 0.717) is 12.3 Å². The molecular formula is C22H23BrF2N4O3. The molecule has 0 aliphatic heterocycles. The van der Waals surface area contributed by atoms with Gasteiger partial charge in [-0.05, 0) is 49.1 Å². The second kappa shape index (κ2) is 10.6. The average molecular weight is 509 g/mol. The van der Waals surface area contributed by atoms with Gasteiger partial charge in [0.25, 0.3) is 5.56 Å². The maximum absolute atomic E-state index is 13.8. The van der Waals surface area contributed by atoms with E-state index in [9.17, 15) is 13.6 Å². The van der Waals surface area contributed by atoms with E-state index in [4.69, 9.17) is 9.47 Å². The fourth-order valence-electron chi connectivity index (χ4n) is 2.81. The third-order valence-corrected chi connectivity index (χ3v) is 5.34. The van der Waals surface area contributed by atoms with Crippen molar-refractivity contribution in [1.29, 1.82) is 0 Å². The highest BCUT2D eigenvalue weighted by atomic mass is 79.9. The SMILES string of the molecule is Cc1cc(OCc2ccc(F)cc2F)c(Br)c(=O)n1Cc1cnc(OCCN(C)C)nc1. The van der Waals surface area contributed by atoms with Crippen molar-refractivity contribution in [3.63, 3.8) is 0 Å². The number of hydrogen-bond donors (Lipinski definition) is 0. The van der Waals surface area contributed by atoms with Crippen LogP contribution >= 0.6 is 15.9 Å². The van der Waals surface area contributed by atoms with E-state index in [0.717, 1.165) is 24.2 Å². The number of pyridine rings is 1. The first kappa shape index (κ1) is 23.8. The minimum atomic E-state index is -0.708. The lowest BCUT2D eigenvalue weighted by Crippen LogP contribution is -2.24. The van der Waals surface area contributed by atoms with Crippen LogP contribution in [0.2, 0.25) is 0 Å². The number of aromatic nitrogens is 3. The molecule has 0 amide bonds. The van der Waals surface area contributed by atoms with Crippen LogP contribution in [0.25, 0.3) is 0 Å². The van der Waals surface area contributed by atoms with Crippen LogP contribution in [0.3, 0.4) is 0 Å². The molecule has 32 heavy (non-hydrogen) atoms. The van der Waals surface area contributed by atoms with E-state index in [1.807, 2.05) is 19.0 Å². The largest absolute Gasteiger partial charge is 0.487 e. The molecule has 2 heterocycles. The number of halogens is 3. The van der Waals surface area contributed by atoms with Crippen molar-refractivity contribution in [2.24, 2.45) is 0 Å². The van der Waals surface area contributed by atoms with Crippen molar-refractivity contribution in [2.45, 2.75) is 20.1 Å². The zero-order valence-electron chi connectivity index (χ0n) is 17.9. The normalized spacial score (nSPS) is 11.1. The van der Waals surface area contributed by atoms with Gasteiger partial charge < -0.3 is 18.9 Å². The molecule has 2 aromatic heterocycles. The van der Waals surface area contributed by atoms with E-state index in [-0.39, 0.29) is 40.5 Å². The second-order valence-electron chi connectivity index (χ2n) is 7.41. The molecule has 7 nitrogen and oxygen atoms in total. The highest BCUT2D eigenvalue weighted by molar-refractivity contribution is 9.10. The molecule has 0 saturated carbocycles. The van der Waals surface area contributed by atoms with Crippen LogP contribution < -0.4 is 15.0 Å². The summed E-state index contributed by atoms with van der Waals surface area (Å²) >= 11 is 3.27. The summed E-state index contributed by atoms with van der Waals surface area (Å²) in [4.78, 5) is 23.2. The molecule has 0 spiro atoms. The molecule has 0 aliphatic carbocycles. The summed E-state index contributed by atoms with van der Waals surface area (Å²) in [7, 11) is 3.89. The van der Waals surface area contributed by atoms with Crippen LogP contribution in [0.1, 0.15) is 16.8 Å². The number of ether oxygens (including phenoxy) is 2. The minimum absolute atomic E-state index is 0.142. The number of rotatable bonds is 9. The monoisotopic (exact) mass is 508 g/mol. The Labute approximate surface area is 192 Å². The fraction of sp³-hybridized carbons (Fsp3) is 0.318. The smallest absolute Gasteiger partial charge is 0.316 e. The number of hydrogen-bond acceptors (Lipinski definition) is 6. The summed E-state index contributed by atoms with van der Waals surface area (Å²) in [5.74, 6) is -1.10. The number of benzene rings is 1. The summed E-state index contributed by atoms with van der Waals surface area (Å²) in [5, 5.41) is 0. The summed E-state index contributed by atoms with van der Waals surface area (Å²) in [6, 6.07) is 5.20. The van der Waals surface area contributed by atoms with Gasteiger partial charge in [0.2, 0.25) is 0 Å². The Morgan fingerprint density at radius 1 is 1.12 bits per heavy atom. The van der Waals surface area contributed by atoms with E-state index >= 15 is 0 Å². The summed E-state index contributed by atoms with van der Waals surface area (Å²) < 4.78 is 39.7. The first-order valence-corrected chi connectivity index (χ1v) is 10.6. The first-order chi connectivity index (χ1) is 15.2. The van der Waals surface area contributed by atoms with Gasteiger partial charge in [-0.2, -0.15) is 0 Å². The highest BCUT2D eigenvalue weighted by Crippen LogP contribution is 2.24. The van der Waals surface area contributed by atoms with Crippen molar-refractivity contribution in [2.75, 3.05) is 27.2 Å². The van der Waals surface area contributed by atoms with E-state index in [1.54, 1.807) is 30.0 Å². The zero-order valence-corrected chi connectivity index (χ0v) is 19.5. The molecule has 1 aromatic carbocycles. The van der Waals surface area contributed by atoms with Gasteiger partial charge in [-0.25, -0.2) is 18.7 Å². The zero-order chi connectivity index (χ0) is 23.3. The Bertz CT molecular complexity index is 1140. The Morgan fingerprint density at radius 2 is 1.84 bits per heavy atom. The van der Waals surface area contributed by atoms with E-state index < -0.39 is 11.6 Å². The quantitative estimate of drug-likeness (QED) is 0.440. The summed E-state index contributed by atoms with van der Waals surface area (Å²) in [6.07, 6.45) is 3.22. The van der Waals surface area contributed by atoms with Gasteiger partial charge in [-0.3, -0.25) is 4.79 Å². The number of nitrogens with zero attached hydrogens (tertiary/aromatic N) is 4. The lowest BCUT2D eigenvalue weighted by atomic mass is 10.2. The first-order valence-electron chi connectivity index (χ1n) is 9.79. The van der Waals surface area contributed by atoms with Crippen LogP contribution in [-0.4, -0.2) is 46.7 Å². The third-order valence-electron chi connectivity index (χ3n) is 4.61. The predicted octanol–water partition coefficient (Wildman–Crippen LogP) is 3.56. The highest BCUT2D eigenvalue weighted by Gasteiger charge is 2.14. The topological polar surface area (TPSA) is 69.5 Å². The van der Waals surface area contributed by atoms with Crippen LogP contribution in [0, 0.1) is 18.6 Å². The Hall–Kier alpha value is -2.85. The van der Waals surface area contributed by atoms with Crippen LogP contribution in [-0.2, 0) is 13.2 Å². The van der Waals surface area contributed by atoms with E-state index in [2.05, 4.69) is 25.9 Å². The Balaban J connectivity index is 1.70. The maximum Gasteiger partial charge on any atom is 0.316 e. The van der Waals surface area contributed by atoms with Crippen molar-refractivity contribution in [1.82, 2.24) is 19.4 Å². The molecule has 0 radical (unpaired) electrons. The molecule has 0 saturated heterocycles. The Morgan fingerprint density at radius 3 is 2.50 bits per heavy atom. The van der Waals surface area contributed by atoms with Crippen LogP contribution in [0.5, 0.6) is 11.8 Å². The molecule has 0 aliphatic rings. The van der Waals surface area contributed by atoms with Crippen molar-refractivity contribution in [3.05, 3.63) is 79.9 Å². The molecule has 170 valence electrons. The standard InChI is InChI=1S/C22H23BrF2N4O3/c1-14-8-19(32-13-16-4-5-17(24)9-18(16)25)20(23)21(30)29(14)12-15-10-26-22(27-11-15)31-7-6-28(2)3/h4-5,8-11H,6-7,12-13H2,1-3H3. The lowest BCUT2D eigenvalue weighted by Gasteiger charge is -2.15. The fourth-order valence-corrected chi connectivity index (χ4v) is 3.25. The molecule has 3 aromatic rings. The molecular weight excluding hydrogens is 486 g/mol. The minimum Gasteiger partial charge on any atom is -0.487 e. The van der Waals surface area contributed by atoms with Crippen LogP contribution in [0.4, 0.5) is 8.78 Å². The molecule has 10 heteroatoms. The van der Waals surface area contributed by atoms with Gasteiger partial charge in [-0.1, -0.05) is 0 Å². The van der Waals surface area contributed by atoms with Crippen molar-refractivity contribution < 1.29 is 18.3 Å². The van der Waals surface area contributed by atoms with Gasteiger partial charge in [0.1, 0.15) is 35.1 Å². The van der Waals surface area contributed by atoms with Crippen LogP contribution in [0.15, 0.2) is 45.9 Å². The molecule has 0 atom stereocenters.